The smallest absolute Gasteiger partial charge is 0.119 e. The van der Waals surface area contributed by atoms with Crippen LogP contribution in [0.5, 0.6) is 5.75 Å². The highest BCUT2D eigenvalue weighted by molar-refractivity contribution is 5.27. The molecular weight excluding hydrogens is 258 g/mol. The minimum atomic E-state index is 0.551. The summed E-state index contributed by atoms with van der Waals surface area (Å²) >= 11 is 0. The molecule has 1 N–H and O–H groups in total. The van der Waals surface area contributed by atoms with E-state index in [1.165, 1.54) is 37.7 Å². The van der Waals surface area contributed by atoms with E-state index in [4.69, 9.17) is 4.74 Å². The molecule has 1 aliphatic carbocycles. The number of rotatable bonds is 7. The summed E-state index contributed by atoms with van der Waals surface area (Å²) in [4.78, 5) is 0. The van der Waals surface area contributed by atoms with Crippen LogP contribution in [0, 0.1) is 5.41 Å². The largest absolute Gasteiger partial charge is 0.494 e. The van der Waals surface area contributed by atoms with E-state index >= 15 is 0 Å². The van der Waals surface area contributed by atoms with Crippen LogP contribution in [0.4, 0.5) is 0 Å². The fraction of sp³-hybridized carbons (Fsp3) is 0.684. The lowest BCUT2D eigenvalue weighted by Gasteiger charge is -2.34. The third-order valence-electron chi connectivity index (χ3n) is 4.62. The first-order valence-corrected chi connectivity index (χ1v) is 8.54. The second-order valence-corrected chi connectivity index (χ2v) is 7.17. The Labute approximate surface area is 130 Å². The van der Waals surface area contributed by atoms with E-state index in [0.717, 1.165) is 25.3 Å². The van der Waals surface area contributed by atoms with Crippen molar-refractivity contribution in [2.24, 2.45) is 5.41 Å². The SMILES string of the molecule is CCCCOc1ccc(CNC2CCC(C)(C)CC2)cc1. The van der Waals surface area contributed by atoms with Crippen molar-refractivity contribution < 1.29 is 4.74 Å². The van der Waals surface area contributed by atoms with E-state index in [2.05, 4.69) is 50.4 Å². The van der Waals surface area contributed by atoms with E-state index in [9.17, 15) is 0 Å². The molecule has 21 heavy (non-hydrogen) atoms. The van der Waals surface area contributed by atoms with E-state index in [0.29, 0.717) is 11.5 Å². The highest BCUT2D eigenvalue weighted by Crippen LogP contribution is 2.35. The monoisotopic (exact) mass is 289 g/mol. The fourth-order valence-corrected chi connectivity index (χ4v) is 2.90. The van der Waals surface area contributed by atoms with Gasteiger partial charge in [0.15, 0.2) is 0 Å². The van der Waals surface area contributed by atoms with Gasteiger partial charge in [0.05, 0.1) is 6.61 Å². The van der Waals surface area contributed by atoms with E-state index in [1.54, 1.807) is 0 Å². The summed E-state index contributed by atoms with van der Waals surface area (Å²) in [5, 5.41) is 3.71. The van der Waals surface area contributed by atoms with Gasteiger partial charge in [0.2, 0.25) is 0 Å². The fourth-order valence-electron chi connectivity index (χ4n) is 2.90. The van der Waals surface area contributed by atoms with Crippen molar-refractivity contribution in [1.29, 1.82) is 0 Å². The number of ether oxygens (including phenoxy) is 1. The minimum absolute atomic E-state index is 0.551. The minimum Gasteiger partial charge on any atom is -0.494 e. The van der Waals surface area contributed by atoms with E-state index < -0.39 is 0 Å². The zero-order chi connectivity index (χ0) is 15.1. The van der Waals surface area contributed by atoms with Gasteiger partial charge < -0.3 is 10.1 Å². The Balaban J connectivity index is 1.71. The zero-order valence-electron chi connectivity index (χ0n) is 14.0. The molecule has 118 valence electrons. The Bertz CT molecular complexity index is 400. The number of benzene rings is 1. The molecule has 0 spiro atoms. The maximum atomic E-state index is 5.70. The summed E-state index contributed by atoms with van der Waals surface area (Å²) < 4.78 is 5.70. The lowest BCUT2D eigenvalue weighted by atomic mass is 9.75. The van der Waals surface area contributed by atoms with Crippen LogP contribution in [0.15, 0.2) is 24.3 Å². The van der Waals surface area contributed by atoms with E-state index in [1.807, 2.05) is 0 Å². The molecule has 1 aromatic rings. The topological polar surface area (TPSA) is 21.3 Å². The standard InChI is InChI=1S/C19H31NO/c1-4-5-14-21-18-8-6-16(7-9-18)15-20-17-10-12-19(2,3)13-11-17/h6-9,17,20H,4-5,10-15H2,1-3H3. The van der Waals surface area contributed by atoms with Gasteiger partial charge in [-0.1, -0.05) is 39.3 Å². The van der Waals surface area contributed by atoms with Crippen molar-refractivity contribution in [2.45, 2.75) is 71.9 Å². The molecule has 2 rings (SSSR count). The lowest BCUT2D eigenvalue weighted by Crippen LogP contribution is -2.35. The molecule has 0 aromatic heterocycles. The number of nitrogens with one attached hydrogen (secondary N) is 1. The molecule has 0 atom stereocenters. The normalized spacial score (nSPS) is 18.6. The Morgan fingerprint density at radius 1 is 1.14 bits per heavy atom. The van der Waals surface area contributed by atoms with Gasteiger partial charge in [-0.25, -0.2) is 0 Å². The summed E-state index contributed by atoms with van der Waals surface area (Å²) in [6.45, 7) is 8.76. The predicted molar refractivity (Wildman–Crippen MR) is 89.7 cm³/mol. The number of hydrogen-bond acceptors (Lipinski definition) is 2. The molecule has 2 nitrogen and oxygen atoms in total. The molecule has 1 aromatic carbocycles. The van der Waals surface area contributed by atoms with Gasteiger partial charge in [-0.2, -0.15) is 0 Å². The van der Waals surface area contributed by atoms with Crippen molar-refractivity contribution >= 4 is 0 Å². The highest BCUT2D eigenvalue weighted by atomic mass is 16.5. The molecule has 0 radical (unpaired) electrons. The van der Waals surface area contributed by atoms with Gasteiger partial charge in [0.1, 0.15) is 5.75 Å². The molecule has 0 bridgehead atoms. The van der Waals surface area contributed by atoms with Crippen molar-refractivity contribution in [3.63, 3.8) is 0 Å². The molecule has 0 unspecified atom stereocenters. The van der Waals surface area contributed by atoms with E-state index in [-0.39, 0.29) is 0 Å². The molecule has 0 amide bonds. The number of hydrogen-bond donors (Lipinski definition) is 1. The van der Waals surface area contributed by atoms with Crippen molar-refractivity contribution in [3.8, 4) is 5.75 Å². The van der Waals surface area contributed by atoms with Crippen LogP contribution in [0.2, 0.25) is 0 Å². The van der Waals surface area contributed by atoms with Gasteiger partial charge in [0, 0.05) is 12.6 Å². The van der Waals surface area contributed by atoms with Gasteiger partial charge in [0.25, 0.3) is 0 Å². The molecule has 2 heteroatoms. The van der Waals surface area contributed by atoms with Crippen LogP contribution >= 0.6 is 0 Å². The first-order valence-electron chi connectivity index (χ1n) is 8.54. The average molecular weight is 289 g/mol. The van der Waals surface area contributed by atoms with Crippen molar-refractivity contribution in [2.75, 3.05) is 6.61 Å². The molecule has 0 aliphatic heterocycles. The highest BCUT2D eigenvalue weighted by Gasteiger charge is 2.26. The first-order chi connectivity index (χ1) is 10.1. The second kappa shape index (κ2) is 7.84. The maximum Gasteiger partial charge on any atom is 0.119 e. The molecule has 0 heterocycles. The summed E-state index contributed by atoms with van der Waals surface area (Å²) in [5.74, 6) is 0.992. The Kier molecular flexibility index (Phi) is 6.10. The van der Waals surface area contributed by atoms with Gasteiger partial charge in [-0.15, -0.1) is 0 Å². The van der Waals surface area contributed by atoms with Crippen LogP contribution in [0.25, 0.3) is 0 Å². The average Bonchev–Trinajstić information content (AvgIpc) is 2.48. The summed E-state index contributed by atoms with van der Waals surface area (Å²) in [6, 6.07) is 9.24. The van der Waals surface area contributed by atoms with Crippen LogP contribution < -0.4 is 10.1 Å². The van der Waals surface area contributed by atoms with Crippen LogP contribution in [-0.4, -0.2) is 12.6 Å². The second-order valence-electron chi connectivity index (χ2n) is 7.17. The van der Waals surface area contributed by atoms with Crippen molar-refractivity contribution in [3.05, 3.63) is 29.8 Å². The van der Waals surface area contributed by atoms with Crippen LogP contribution in [0.1, 0.15) is 64.9 Å². The Morgan fingerprint density at radius 3 is 2.43 bits per heavy atom. The summed E-state index contributed by atoms with van der Waals surface area (Å²) in [5.41, 5.74) is 1.90. The van der Waals surface area contributed by atoms with Crippen LogP contribution in [-0.2, 0) is 6.54 Å². The summed E-state index contributed by atoms with van der Waals surface area (Å²) in [6.07, 6.45) is 7.61. The molecule has 1 fully saturated rings. The predicted octanol–water partition coefficient (Wildman–Crippen LogP) is 4.92. The Hall–Kier alpha value is -1.02. The molecule has 1 aliphatic rings. The first kappa shape index (κ1) is 16.4. The zero-order valence-corrected chi connectivity index (χ0v) is 14.0. The summed E-state index contributed by atoms with van der Waals surface area (Å²) in [7, 11) is 0. The van der Waals surface area contributed by atoms with Gasteiger partial charge >= 0.3 is 0 Å². The van der Waals surface area contributed by atoms with Gasteiger partial charge in [-0.05, 0) is 55.2 Å². The van der Waals surface area contributed by atoms with Crippen molar-refractivity contribution in [1.82, 2.24) is 5.32 Å². The molecule has 1 saturated carbocycles. The third-order valence-corrected chi connectivity index (χ3v) is 4.62. The maximum absolute atomic E-state index is 5.70. The van der Waals surface area contributed by atoms with Crippen LogP contribution in [0.3, 0.4) is 0 Å². The third kappa shape index (κ3) is 5.70. The number of unbranched alkanes of at least 4 members (excludes halogenated alkanes) is 1. The quantitative estimate of drug-likeness (QED) is 0.719. The molecule has 0 saturated heterocycles. The molecular formula is C19H31NO. The lowest BCUT2D eigenvalue weighted by molar-refractivity contribution is 0.206. The Morgan fingerprint density at radius 2 is 1.81 bits per heavy atom. The van der Waals surface area contributed by atoms with Gasteiger partial charge in [-0.3, -0.25) is 0 Å².